The summed E-state index contributed by atoms with van der Waals surface area (Å²) in [4.78, 5) is 11.5. The Labute approximate surface area is 92.3 Å². The Morgan fingerprint density at radius 2 is 2.07 bits per heavy atom. The molecule has 1 aromatic carbocycles. The van der Waals surface area contributed by atoms with E-state index in [1.54, 1.807) is 23.9 Å². The van der Waals surface area contributed by atoms with Crippen LogP contribution in [0, 0.1) is 0 Å². The van der Waals surface area contributed by atoms with Crippen molar-refractivity contribution in [2.45, 2.75) is 23.5 Å². The van der Waals surface area contributed by atoms with E-state index in [4.69, 9.17) is 16.7 Å². The van der Waals surface area contributed by atoms with Crippen LogP contribution in [0.15, 0.2) is 29.2 Å². The molecule has 0 spiro atoms. The van der Waals surface area contributed by atoms with E-state index >= 15 is 0 Å². The Bertz CT molecular complexity index is 310. The summed E-state index contributed by atoms with van der Waals surface area (Å²) in [6, 6.07) is 7.39. The third kappa shape index (κ3) is 4.03. The highest BCUT2D eigenvalue weighted by atomic mass is 35.5. The highest BCUT2D eigenvalue weighted by Crippen LogP contribution is 2.26. The molecule has 1 atom stereocenters. The number of benzene rings is 1. The van der Waals surface area contributed by atoms with Gasteiger partial charge in [-0.05, 0) is 24.3 Å². The zero-order chi connectivity index (χ0) is 10.6. The van der Waals surface area contributed by atoms with E-state index in [9.17, 15) is 4.79 Å². The minimum Gasteiger partial charge on any atom is -0.481 e. The molecule has 0 aliphatic heterocycles. The second-order valence-electron chi connectivity index (χ2n) is 2.98. The van der Waals surface area contributed by atoms with Gasteiger partial charge in [-0.15, -0.1) is 11.8 Å². The summed E-state index contributed by atoms with van der Waals surface area (Å²) < 4.78 is 0. The van der Waals surface area contributed by atoms with Gasteiger partial charge in [0.25, 0.3) is 0 Å². The molecule has 0 aliphatic carbocycles. The average molecular weight is 231 g/mol. The van der Waals surface area contributed by atoms with Gasteiger partial charge in [-0.2, -0.15) is 0 Å². The molecule has 1 N–H and O–H groups in total. The fourth-order valence-corrected chi connectivity index (χ4v) is 2.14. The third-order valence-corrected chi connectivity index (χ3v) is 2.98. The predicted molar refractivity (Wildman–Crippen MR) is 59.0 cm³/mol. The van der Waals surface area contributed by atoms with Crippen LogP contribution in [0.2, 0.25) is 5.02 Å². The van der Waals surface area contributed by atoms with Crippen LogP contribution < -0.4 is 0 Å². The molecule has 76 valence electrons. The zero-order valence-electron chi connectivity index (χ0n) is 7.74. The number of hydrogen-bond acceptors (Lipinski definition) is 2. The molecule has 2 nitrogen and oxygen atoms in total. The first-order chi connectivity index (χ1) is 6.58. The number of rotatable bonds is 4. The molecule has 0 radical (unpaired) electrons. The second kappa shape index (κ2) is 5.27. The first-order valence-electron chi connectivity index (χ1n) is 4.22. The lowest BCUT2D eigenvalue weighted by molar-refractivity contribution is -0.136. The normalized spacial score (nSPS) is 12.4. The van der Waals surface area contributed by atoms with Gasteiger partial charge in [0.2, 0.25) is 0 Å². The number of thioether (sulfide) groups is 1. The smallest absolute Gasteiger partial charge is 0.304 e. The van der Waals surface area contributed by atoms with Crippen molar-refractivity contribution in [2.24, 2.45) is 0 Å². The molecular formula is C10H11ClO2S. The van der Waals surface area contributed by atoms with E-state index in [0.29, 0.717) is 5.02 Å². The first kappa shape index (κ1) is 11.4. The summed E-state index contributed by atoms with van der Waals surface area (Å²) in [5.74, 6) is -0.765. The molecule has 0 heterocycles. The van der Waals surface area contributed by atoms with Crippen molar-refractivity contribution in [2.75, 3.05) is 0 Å². The lowest BCUT2D eigenvalue weighted by Gasteiger charge is -2.07. The van der Waals surface area contributed by atoms with Gasteiger partial charge >= 0.3 is 5.97 Å². The highest BCUT2D eigenvalue weighted by molar-refractivity contribution is 8.00. The number of carbonyl (C=O) groups is 1. The topological polar surface area (TPSA) is 37.3 Å². The van der Waals surface area contributed by atoms with Crippen molar-refractivity contribution in [3.63, 3.8) is 0 Å². The summed E-state index contributed by atoms with van der Waals surface area (Å²) in [5, 5.41) is 9.34. The van der Waals surface area contributed by atoms with E-state index in [-0.39, 0.29) is 11.7 Å². The first-order valence-corrected chi connectivity index (χ1v) is 5.47. The van der Waals surface area contributed by atoms with Crippen molar-refractivity contribution >= 4 is 29.3 Å². The van der Waals surface area contributed by atoms with Crippen molar-refractivity contribution in [3.8, 4) is 0 Å². The number of carboxylic acids is 1. The second-order valence-corrected chi connectivity index (χ2v) is 4.93. The SMILES string of the molecule is CC(CC(=O)O)Sc1ccc(Cl)cc1. The van der Waals surface area contributed by atoms with Gasteiger partial charge in [-0.3, -0.25) is 4.79 Å². The summed E-state index contributed by atoms with van der Waals surface area (Å²) >= 11 is 7.27. The molecule has 0 amide bonds. The zero-order valence-corrected chi connectivity index (χ0v) is 9.31. The lowest BCUT2D eigenvalue weighted by atomic mass is 10.3. The van der Waals surface area contributed by atoms with Crippen molar-refractivity contribution in [1.82, 2.24) is 0 Å². The van der Waals surface area contributed by atoms with Gasteiger partial charge in [-0.25, -0.2) is 0 Å². The maximum atomic E-state index is 10.4. The molecule has 0 aliphatic rings. The van der Waals surface area contributed by atoms with Gasteiger partial charge in [-0.1, -0.05) is 18.5 Å². The molecule has 0 fully saturated rings. The van der Waals surface area contributed by atoms with Crippen LogP contribution in [0.5, 0.6) is 0 Å². The molecule has 0 saturated carbocycles. The summed E-state index contributed by atoms with van der Waals surface area (Å²) in [5.41, 5.74) is 0. The average Bonchev–Trinajstić information content (AvgIpc) is 2.07. The van der Waals surface area contributed by atoms with Crippen LogP contribution in [0.1, 0.15) is 13.3 Å². The molecule has 0 saturated heterocycles. The van der Waals surface area contributed by atoms with Gasteiger partial charge in [0, 0.05) is 15.2 Å². The van der Waals surface area contributed by atoms with Crippen LogP contribution in [0.3, 0.4) is 0 Å². The fourth-order valence-electron chi connectivity index (χ4n) is 1.03. The van der Waals surface area contributed by atoms with E-state index in [0.717, 1.165) is 4.90 Å². The fraction of sp³-hybridized carbons (Fsp3) is 0.300. The lowest BCUT2D eigenvalue weighted by Crippen LogP contribution is -2.05. The Morgan fingerprint density at radius 3 is 2.57 bits per heavy atom. The molecule has 1 rings (SSSR count). The largest absolute Gasteiger partial charge is 0.481 e. The Hall–Kier alpha value is -0.670. The third-order valence-electron chi connectivity index (χ3n) is 1.61. The van der Waals surface area contributed by atoms with Crippen LogP contribution in [0.4, 0.5) is 0 Å². The van der Waals surface area contributed by atoms with E-state index in [2.05, 4.69) is 0 Å². The number of hydrogen-bond donors (Lipinski definition) is 1. The summed E-state index contributed by atoms with van der Waals surface area (Å²) in [6.07, 6.45) is 0.174. The molecule has 1 aromatic rings. The maximum Gasteiger partial charge on any atom is 0.304 e. The van der Waals surface area contributed by atoms with Crippen molar-refractivity contribution < 1.29 is 9.90 Å². The summed E-state index contributed by atoms with van der Waals surface area (Å²) in [6.45, 7) is 1.90. The van der Waals surface area contributed by atoms with Gasteiger partial charge in [0.15, 0.2) is 0 Å². The number of halogens is 1. The number of carboxylic acid groups (broad SMARTS) is 1. The Morgan fingerprint density at radius 1 is 1.50 bits per heavy atom. The monoisotopic (exact) mass is 230 g/mol. The molecule has 1 unspecified atom stereocenters. The minimum atomic E-state index is -0.765. The highest BCUT2D eigenvalue weighted by Gasteiger charge is 2.08. The van der Waals surface area contributed by atoms with Gasteiger partial charge in [0.05, 0.1) is 6.42 Å². The van der Waals surface area contributed by atoms with Crippen LogP contribution >= 0.6 is 23.4 Å². The molecule has 4 heteroatoms. The molecule has 14 heavy (non-hydrogen) atoms. The number of aliphatic carboxylic acids is 1. The van der Waals surface area contributed by atoms with Gasteiger partial charge in [0.1, 0.15) is 0 Å². The van der Waals surface area contributed by atoms with E-state index in [1.807, 2.05) is 19.1 Å². The quantitative estimate of drug-likeness (QED) is 0.807. The van der Waals surface area contributed by atoms with E-state index < -0.39 is 5.97 Å². The standard InChI is InChI=1S/C10H11ClO2S/c1-7(6-10(12)13)14-9-4-2-8(11)3-5-9/h2-5,7H,6H2,1H3,(H,12,13). The van der Waals surface area contributed by atoms with E-state index in [1.165, 1.54) is 0 Å². The Balaban J connectivity index is 2.51. The summed E-state index contributed by atoms with van der Waals surface area (Å²) in [7, 11) is 0. The van der Waals surface area contributed by atoms with Crippen LogP contribution in [0.25, 0.3) is 0 Å². The van der Waals surface area contributed by atoms with Gasteiger partial charge < -0.3 is 5.11 Å². The minimum absolute atomic E-state index is 0.0775. The van der Waals surface area contributed by atoms with Crippen molar-refractivity contribution in [3.05, 3.63) is 29.3 Å². The predicted octanol–water partition coefficient (Wildman–Crippen LogP) is 3.30. The molecule has 0 aromatic heterocycles. The molecule has 0 bridgehead atoms. The maximum absolute atomic E-state index is 10.4. The Kier molecular flexibility index (Phi) is 4.29. The van der Waals surface area contributed by atoms with Crippen LogP contribution in [-0.2, 0) is 4.79 Å². The van der Waals surface area contributed by atoms with Crippen molar-refractivity contribution in [1.29, 1.82) is 0 Å². The van der Waals surface area contributed by atoms with Crippen LogP contribution in [-0.4, -0.2) is 16.3 Å². The molecular weight excluding hydrogens is 220 g/mol.